The van der Waals surface area contributed by atoms with Gasteiger partial charge in [0.25, 0.3) is 0 Å². The van der Waals surface area contributed by atoms with Gasteiger partial charge in [0, 0.05) is 0 Å². The smallest absolute Gasteiger partial charge is 0.180 e. The standard InChI is InChI=1S/C6H21N3Si2/c1-7(2)10-9(5)11(6)8(3)4/h11H,10H2,1-6H3. The second-order valence-electron chi connectivity index (χ2n) is 3.57. The first-order valence-electron chi connectivity index (χ1n) is 3.96. The van der Waals surface area contributed by atoms with Gasteiger partial charge in [0.1, 0.15) is 0 Å². The van der Waals surface area contributed by atoms with E-state index >= 15 is 0 Å². The number of nitrogens with zero attached hydrogens (tertiary/aromatic N) is 3. The second kappa shape index (κ2) is 5.05. The van der Waals surface area contributed by atoms with E-state index in [1.54, 1.807) is 0 Å². The zero-order valence-corrected chi connectivity index (χ0v) is 11.2. The Morgan fingerprint density at radius 1 is 1.00 bits per heavy atom. The van der Waals surface area contributed by atoms with E-state index in [1.807, 2.05) is 0 Å². The van der Waals surface area contributed by atoms with Crippen molar-refractivity contribution < 1.29 is 0 Å². The Kier molecular flexibility index (Phi) is 5.19. The van der Waals surface area contributed by atoms with Crippen LogP contribution >= 0.6 is 0 Å². The van der Waals surface area contributed by atoms with E-state index in [0.29, 0.717) is 0 Å². The molecule has 0 radical (unpaired) electrons. The van der Waals surface area contributed by atoms with Gasteiger partial charge in [0.15, 0.2) is 19.0 Å². The van der Waals surface area contributed by atoms with Crippen molar-refractivity contribution in [3.05, 3.63) is 0 Å². The highest BCUT2D eigenvalue weighted by molar-refractivity contribution is 6.60. The molecule has 5 heteroatoms. The highest BCUT2D eigenvalue weighted by atomic mass is 28.3. The molecular formula is C6H21N3Si2. The van der Waals surface area contributed by atoms with Crippen LogP contribution in [0.15, 0.2) is 0 Å². The molecule has 1 atom stereocenters. The van der Waals surface area contributed by atoms with Gasteiger partial charge < -0.3 is 13.4 Å². The molecule has 0 rings (SSSR count). The molecule has 3 nitrogen and oxygen atoms in total. The molecule has 0 aromatic heterocycles. The summed E-state index contributed by atoms with van der Waals surface area (Å²) in [6, 6.07) is 0. The van der Waals surface area contributed by atoms with Gasteiger partial charge in [0.2, 0.25) is 0 Å². The van der Waals surface area contributed by atoms with Crippen LogP contribution in [-0.4, -0.2) is 67.6 Å². The summed E-state index contributed by atoms with van der Waals surface area (Å²) in [6.45, 7) is 2.37. The van der Waals surface area contributed by atoms with Crippen LogP contribution in [0.5, 0.6) is 0 Å². The molecule has 0 amide bonds. The summed E-state index contributed by atoms with van der Waals surface area (Å²) in [4.78, 5) is 0. The summed E-state index contributed by atoms with van der Waals surface area (Å²) in [5.74, 6) is 0. The summed E-state index contributed by atoms with van der Waals surface area (Å²) < 4.78 is 7.28. The molecule has 0 fully saturated rings. The van der Waals surface area contributed by atoms with E-state index in [-0.39, 0.29) is 9.84 Å². The largest absolute Gasteiger partial charge is 0.332 e. The minimum atomic E-state index is -0.739. The summed E-state index contributed by atoms with van der Waals surface area (Å²) in [5.41, 5.74) is 0. The van der Waals surface area contributed by atoms with E-state index in [4.69, 9.17) is 0 Å². The quantitative estimate of drug-likeness (QED) is 0.522. The molecule has 0 bridgehead atoms. The van der Waals surface area contributed by atoms with Gasteiger partial charge in [-0.25, -0.2) is 0 Å². The van der Waals surface area contributed by atoms with Gasteiger partial charge in [-0.3, -0.25) is 0 Å². The molecule has 0 aliphatic rings. The van der Waals surface area contributed by atoms with Crippen LogP contribution in [0, 0.1) is 0 Å². The minimum Gasteiger partial charge on any atom is -0.332 e. The Balaban J connectivity index is 3.73. The van der Waals surface area contributed by atoms with E-state index in [0.717, 1.165) is 0 Å². The number of hydrogen-bond acceptors (Lipinski definition) is 3. The van der Waals surface area contributed by atoms with Crippen LogP contribution < -0.4 is 0 Å². The molecule has 68 valence electrons. The third kappa shape index (κ3) is 4.70. The summed E-state index contributed by atoms with van der Waals surface area (Å²) >= 11 is 0. The normalized spacial score (nSPS) is 16.1. The molecule has 0 N–H and O–H groups in total. The Bertz CT molecular complexity index is 108. The fourth-order valence-electron chi connectivity index (χ4n) is 0.959. The highest BCUT2D eigenvalue weighted by Crippen LogP contribution is 1.91. The fraction of sp³-hybridized carbons (Fsp3) is 1.00. The molecule has 0 saturated heterocycles. The average Bonchev–Trinajstić information content (AvgIpc) is 1.84. The molecule has 1 unspecified atom stereocenters. The number of hydrogen-bond donors (Lipinski definition) is 0. The molecule has 0 saturated carbocycles. The molecule has 11 heavy (non-hydrogen) atoms. The van der Waals surface area contributed by atoms with Gasteiger partial charge in [0.05, 0.1) is 0 Å². The van der Waals surface area contributed by atoms with Crippen molar-refractivity contribution in [2.75, 3.05) is 35.2 Å². The van der Waals surface area contributed by atoms with Crippen LogP contribution in [0.4, 0.5) is 0 Å². The fourth-order valence-corrected chi connectivity index (χ4v) is 5.54. The van der Waals surface area contributed by atoms with Crippen LogP contribution in [0.2, 0.25) is 6.55 Å². The van der Waals surface area contributed by atoms with Crippen LogP contribution in [0.3, 0.4) is 0 Å². The van der Waals surface area contributed by atoms with Crippen molar-refractivity contribution in [1.82, 2.24) is 13.4 Å². The van der Waals surface area contributed by atoms with Crippen LogP contribution in [-0.2, 0) is 0 Å². The molecule has 0 spiro atoms. The van der Waals surface area contributed by atoms with E-state index in [9.17, 15) is 0 Å². The van der Waals surface area contributed by atoms with Crippen molar-refractivity contribution in [2.24, 2.45) is 0 Å². The van der Waals surface area contributed by atoms with Crippen molar-refractivity contribution in [2.45, 2.75) is 6.55 Å². The lowest BCUT2D eigenvalue weighted by Crippen LogP contribution is -2.50. The maximum Gasteiger partial charge on any atom is 0.180 e. The van der Waals surface area contributed by atoms with E-state index in [1.165, 1.54) is 0 Å². The first-order valence-corrected chi connectivity index (χ1v) is 7.41. The Hall–Kier alpha value is 0.314. The molecule has 0 aliphatic heterocycles. The molecule has 0 aromatic carbocycles. The monoisotopic (exact) mass is 191 g/mol. The summed E-state index contributed by atoms with van der Waals surface area (Å²) in [5, 5.41) is 0. The lowest BCUT2D eigenvalue weighted by Gasteiger charge is -2.30. The summed E-state index contributed by atoms with van der Waals surface area (Å²) in [7, 11) is 10.1. The predicted molar refractivity (Wildman–Crippen MR) is 56.7 cm³/mol. The van der Waals surface area contributed by atoms with Crippen molar-refractivity contribution in [1.29, 1.82) is 0 Å². The maximum absolute atomic E-state index is 2.57. The molecular weight excluding hydrogens is 170 g/mol. The first-order chi connectivity index (χ1) is 4.95. The summed E-state index contributed by atoms with van der Waals surface area (Å²) in [6.07, 6.45) is 0. The third-order valence-corrected chi connectivity index (χ3v) is 7.75. The lowest BCUT2D eigenvalue weighted by atomic mass is 11.3. The van der Waals surface area contributed by atoms with Crippen LogP contribution in [0.25, 0.3) is 0 Å². The zero-order chi connectivity index (χ0) is 9.02. The van der Waals surface area contributed by atoms with Crippen molar-refractivity contribution >= 4 is 19.0 Å². The highest BCUT2D eigenvalue weighted by Gasteiger charge is 2.13. The zero-order valence-electron chi connectivity index (χ0n) is 8.63. The Morgan fingerprint density at radius 2 is 1.45 bits per heavy atom. The molecule has 0 heterocycles. The SMILES string of the molecule is CN(C)[SiH2]N(C)[SiH](C)N(C)C. The topological polar surface area (TPSA) is 9.72 Å². The average molecular weight is 191 g/mol. The van der Waals surface area contributed by atoms with E-state index < -0.39 is 9.12 Å². The predicted octanol–water partition coefficient (Wildman–Crippen LogP) is -1.11. The van der Waals surface area contributed by atoms with E-state index in [2.05, 4.69) is 55.1 Å². The first kappa shape index (κ1) is 11.3. The maximum atomic E-state index is 2.57. The van der Waals surface area contributed by atoms with Gasteiger partial charge in [-0.15, -0.1) is 0 Å². The van der Waals surface area contributed by atoms with Crippen LogP contribution in [0.1, 0.15) is 0 Å². The molecule has 0 aliphatic carbocycles. The van der Waals surface area contributed by atoms with Gasteiger partial charge in [-0.05, 0) is 41.8 Å². The van der Waals surface area contributed by atoms with Gasteiger partial charge in [-0.1, -0.05) is 0 Å². The number of rotatable bonds is 4. The third-order valence-electron chi connectivity index (χ3n) is 1.89. The lowest BCUT2D eigenvalue weighted by molar-refractivity contribution is 0.546. The Morgan fingerprint density at radius 3 is 1.73 bits per heavy atom. The minimum absolute atomic E-state index is 0.133. The van der Waals surface area contributed by atoms with Gasteiger partial charge in [-0.2, -0.15) is 0 Å². The molecule has 0 aromatic rings. The Labute approximate surface area is 74.7 Å². The van der Waals surface area contributed by atoms with Crippen molar-refractivity contribution in [3.63, 3.8) is 0 Å². The second-order valence-corrected chi connectivity index (χ2v) is 10.0. The van der Waals surface area contributed by atoms with Crippen molar-refractivity contribution in [3.8, 4) is 0 Å². The van der Waals surface area contributed by atoms with Gasteiger partial charge >= 0.3 is 0 Å².